The lowest BCUT2D eigenvalue weighted by atomic mass is 9.40. The van der Waals surface area contributed by atoms with Crippen molar-refractivity contribution in [1.29, 1.82) is 5.26 Å². The molecule has 2 bridgehead atoms. The van der Waals surface area contributed by atoms with E-state index in [4.69, 9.17) is 11.6 Å². The zero-order valence-electron chi connectivity index (χ0n) is 17.6. The van der Waals surface area contributed by atoms with Gasteiger partial charge in [0.1, 0.15) is 11.5 Å². The van der Waals surface area contributed by atoms with Crippen molar-refractivity contribution >= 4 is 34.7 Å². The summed E-state index contributed by atoms with van der Waals surface area (Å²) >= 11 is 5.83. The lowest BCUT2D eigenvalue weighted by Crippen LogP contribution is -2.74. The number of carbonyl (C=O) groups excluding carboxylic acids is 2. The molecule has 2 heterocycles. The van der Waals surface area contributed by atoms with Gasteiger partial charge in [-0.05, 0) is 62.8 Å². The van der Waals surface area contributed by atoms with Crippen molar-refractivity contribution in [1.82, 2.24) is 9.88 Å². The third-order valence-electron chi connectivity index (χ3n) is 7.02. The second-order valence-corrected chi connectivity index (χ2v) is 9.68. The standard InChI is InChI=1S/C24H22ClFN4O2/c1-13-19(14(2)21(31)29-24-9-23(10-24,11-24)12-27)18-4-3-7-30(18)20(13)22(32)28-15-5-6-17(26)16(25)8-15/h5-6,8H,2-4,7,9-11H2,1H3,(H,28,32)(H,29,31). The van der Waals surface area contributed by atoms with Crippen LogP contribution in [-0.4, -0.2) is 21.9 Å². The van der Waals surface area contributed by atoms with Gasteiger partial charge in [-0.2, -0.15) is 5.26 Å². The van der Waals surface area contributed by atoms with Crippen molar-refractivity contribution in [2.24, 2.45) is 5.41 Å². The Balaban J connectivity index is 1.40. The number of rotatable bonds is 5. The highest BCUT2D eigenvalue weighted by molar-refractivity contribution is 6.31. The fourth-order valence-corrected chi connectivity index (χ4v) is 5.83. The number of amides is 2. The summed E-state index contributed by atoms with van der Waals surface area (Å²) in [5.41, 5.74) is 2.99. The SMILES string of the molecule is C=C(C(=O)NC12CC(C#N)(C1)C2)c1c(C)c(C(=O)Nc2ccc(F)c(Cl)c2)n2c1CCC2. The third kappa shape index (κ3) is 2.97. The first-order valence-corrected chi connectivity index (χ1v) is 11.0. The van der Waals surface area contributed by atoms with Crippen molar-refractivity contribution in [2.45, 2.75) is 51.1 Å². The second kappa shape index (κ2) is 6.94. The molecular weight excluding hydrogens is 431 g/mol. The predicted octanol–water partition coefficient (Wildman–Crippen LogP) is 4.36. The summed E-state index contributed by atoms with van der Waals surface area (Å²) in [5.74, 6) is -1.15. The van der Waals surface area contributed by atoms with E-state index in [1.54, 1.807) is 0 Å². The Morgan fingerprint density at radius 3 is 2.69 bits per heavy atom. The molecule has 6 nitrogen and oxygen atoms in total. The second-order valence-electron chi connectivity index (χ2n) is 9.27. The molecule has 0 saturated heterocycles. The van der Waals surface area contributed by atoms with Gasteiger partial charge in [-0.25, -0.2) is 4.39 Å². The van der Waals surface area contributed by atoms with Crippen molar-refractivity contribution in [3.63, 3.8) is 0 Å². The lowest BCUT2D eigenvalue weighted by molar-refractivity contribution is -0.139. The molecule has 6 rings (SSSR count). The summed E-state index contributed by atoms with van der Waals surface area (Å²) in [4.78, 5) is 26.1. The van der Waals surface area contributed by atoms with Crippen molar-refractivity contribution in [3.05, 3.63) is 58.1 Å². The van der Waals surface area contributed by atoms with Crippen LogP contribution in [0, 0.1) is 29.5 Å². The fourth-order valence-electron chi connectivity index (χ4n) is 5.64. The van der Waals surface area contributed by atoms with Crippen LogP contribution in [0.25, 0.3) is 5.57 Å². The average Bonchev–Trinajstić information content (AvgIpc) is 3.25. The summed E-state index contributed by atoms with van der Waals surface area (Å²) in [6.07, 6.45) is 3.69. The van der Waals surface area contributed by atoms with E-state index < -0.39 is 5.82 Å². The number of hydrogen-bond donors (Lipinski definition) is 2. The molecule has 164 valence electrons. The smallest absolute Gasteiger partial charge is 0.272 e. The number of aromatic nitrogens is 1. The Kier molecular flexibility index (Phi) is 4.51. The van der Waals surface area contributed by atoms with Crippen LogP contribution in [0.15, 0.2) is 24.8 Å². The molecule has 0 spiro atoms. The number of benzene rings is 1. The van der Waals surface area contributed by atoms with Gasteiger partial charge in [-0.3, -0.25) is 9.59 Å². The zero-order chi connectivity index (χ0) is 22.8. The van der Waals surface area contributed by atoms with Crippen molar-refractivity contribution in [3.8, 4) is 6.07 Å². The van der Waals surface area contributed by atoms with Crippen LogP contribution in [0.3, 0.4) is 0 Å². The number of nitrogens with one attached hydrogen (secondary N) is 2. The maximum Gasteiger partial charge on any atom is 0.272 e. The third-order valence-corrected chi connectivity index (χ3v) is 7.31. The lowest BCUT2D eigenvalue weighted by Gasteiger charge is -2.67. The molecule has 2 aromatic rings. The monoisotopic (exact) mass is 452 g/mol. The van der Waals surface area contributed by atoms with Gasteiger partial charge in [-0.1, -0.05) is 18.2 Å². The Morgan fingerprint density at radius 2 is 2.03 bits per heavy atom. The molecule has 1 aliphatic heterocycles. The predicted molar refractivity (Wildman–Crippen MR) is 119 cm³/mol. The molecule has 3 saturated carbocycles. The summed E-state index contributed by atoms with van der Waals surface area (Å²) in [6, 6.07) is 6.35. The molecule has 3 fully saturated rings. The summed E-state index contributed by atoms with van der Waals surface area (Å²) in [5, 5.41) is 15.0. The molecule has 2 amide bonds. The van der Waals surface area contributed by atoms with Gasteiger partial charge in [0.25, 0.3) is 11.8 Å². The Morgan fingerprint density at radius 1 is 1.31 bits per heavy atom. The minimum Gasteiger partial charge on any atom is -0.346 e. The van der Waals surface area contributed by atoms with Crippen LogP contribution < -0.4 is 10.6 Å². The van der Waals surface area contributed by atoms with E-state index in [0.29, 0.717) is 53.9 Å². The van der Waals surface area contributed by atoms with E-state index in [9.17, 15) is 19.2 Å². The summed E-state index contributed by atoms with van der Waals surface area (Å²) in [6.45, 7) is 6.55. The molecule has 0 atom stereocenters. The number of anilines is 1. The number of nitriles is 1. The van der Waals surface area contributed by atoms with Crippen LogP contribution in [0.5, 0.6) is 0 Å². The number of hydrogen-bond acceptors (Lipinski definition) is 3. The van der Waals surface area contributed by atoms with Crippen LogP contribution in [0.4, 0.5) is 10.1 Å². The van der Waals surface area contributed by atoms with E-state index >= 15 is 0 Å². The molecule has 0 unspecified atom stereocenters. The summed E-state index contributed by atoms with van der Waals surface area (Å²) in [7, 11) is 0. The molecule has 3 aliphatic carbocycles. The van der Waals surface area contributed by atoms with E-state index in [-0.39, 0.29) is 27.8 Å². The van der Waals surface area contributed by atoms with Gasteiger partial charge in [0.15, 0.2) is 0 Å². The normalized spacial score (nSPS) is 24.6. The van der Waals surface area contributed by atoms with Crippen LogP contribution >= 0.6 is 11.6 Å². The minimum atomic E-state index is -0.557. The highest BCUT2D eigenvalue weighted by atomic mass is 35.5. The van der Waals surface area contributed by atoms with Gasteiger partial charge >= 0.3 is 0 Å². The fraction of sp³-hybridized carbons (Fsp3) is 0.375. The zero-order valence-corrected chi connectivity index (χ0v) is 18.4. The van der Waals surface area contributed by atoms with E-state index in [2.05, 4.69) is 23.3 Å². The number of halogens is 2. The molecule has 2 N–H and O–H groups in total. The Bertz CT molecular complexity index is 1240. The first-order chi connectivity index (χ1) is 15.2. The molecule has 4 aliphatic rings. The van der Waals surface area contributed by atoms with Gasteiger partial charge in [0.05, 0.1) is 16.5 Å². The largest absolute Gasteiger partial charge is 0.346 e. The molecule has 8 heteroatoms. The van der Waals surface area contributed by atoms with E-state index in [1.807, 2.05) is 11.5 Å². The number of nitrogens with zero attached hydrogens (tertiary/aromatic N) is 2. The molecule has 1 aromatic heterocycles. The average molecular weight is 453 g/mol. The number of fused-ring (bicyclic) bond motifs is 1. The van der Waals surface area contributed by atoms with E-state index in [0.717, 1.165) is 18.5 Å². The van der Waals surface area contributed by atoms with Crippen LogP contribution in [-0.2, 0) is 17.8 Å². The maximum atomic E-state index is 13.5. The quantitative estimate of drug-likeness (QED) is 0.660. The first kappa shape index (κ1) is 20.8. The number of carbonyl (C=O) groups is 2. The highest BCUT2D eigenvalue weighted by Gasteiger charge is 2.69. The topological polar surface area (TPSA) is 86.9 Å². The van der Waals surface area contributed by atoms with Crippen molar-refractivity contribution < 1.29 is 14.0 Å². The Labute approximate surface area is 190 Å². The molecular formula is C24H22ClFN4O2. The van der Waals surface area contributed by atoms with Gasteiger partial charge in [0, 0.05) is 34.6 Å². The van der Waals surface area contributed by atoms with Crippen molar-refractivity contribution in [2.75, 3.05) is 5.32 Å². The van der Waals surface area contributed by atoms with Gasteiger partial charge in [-0.15, -0.1) is 0 Å². The minimum absolute atomic E-state index is 0.0718. The first-order valence-electron chi connectivity index (χ1n) is 10.6. The van der Waals surface area contributed by atoms with Crippen LogP contribution in [0.2, 0.25) is 5.02 Å². The Hall–Kier alpha value is -3.11. The van der Waals surface area contributed by atoms with Gasteiger partial charge < -0.3 is 15.2 Å². The molecule has 0 radical (unpaired) electrons. The maximum absolute atomic E-state index is 13.5. The summed E-state index contributed by atoms with van der Waals surface area (Å²) < 4.78 is 15.4. The highest BCUT2D eigenvalue weighted by Crippen LogP contribution is 2.66. The molecule has 1 aromatic carbocycles. The van der Waals surface area contributed by atoms with Gasteiger partial charge in [0.2, 0.25) is 0 Å². The van der Waals surface area contributed by atoms with Crippen LogP contribution in [0.1, 0.15) is 53.0 Å². The molecule has 32 heavy (non-hydrogen) atoms. The van der Waals surface area contributed by atoms with E-state index in [1.165, 1.54) is 18.2 Å².